The molecule has 0 unspecified atom stereocenters. The number of rotatable bonds is 12. The molecule has 0 radical (unpaired) electrons. The van der Waals surface area contributed by atoms with Crippen LogP contribution in [0.25, 0.3) is 0 Å². The lowest BCUT2D eigenvalue weighted by atomic mass is 9.96. The highest BCUT2D eigenvalue weighted by Gasteiger charge is 2.14. The molecule has 7 heteroatoms. The van der Waals surface area contributed by atoms with Gasteiger partial charge in [0.15, 0.2) is 0 Å². The van der Waals surface area contributed by atoms with E-state index in [1.165, 1.54) is 38.5 Å². The van der Waals surface area contributed by atoms with Crippen molar-refractivity contribution in [2.24, 2.45) is 21.5 Å². The quantitative estimate of drug-likeness (QED) is 0.204. The van der Waals surface area contributed by atoms with Crippen LogP contribution in [0.5, 0.6) is 11.5 Å². The lowest BCUT2D eigenvalue weighted by Crippen LogP contribution is -2.19. The first kappa shape index (κ1) is 27.4. The third-order valence-corrected chi connectivity index (χ3v) is 8.00. The van der Waals surface area contributed by atoms with Gasteiger partial charge in [-0.15, -0.1) is 0 Å². The van der Waals surface area contributed by atoms with Crippen LogP contribution in [0.1, 0.15) is 75.3 Å². The molecular weight excluding hydrogens is 480 g/mol. The normalized spacial score (nSPS) is 18.1. The van der Waals surface area contributed by atoms with Gasteiger partial charge >= 0.3 is 0 Å². The summed E-state index contributed by atoms with van der Waals surface area (Å²) in [6, 6.07) is 16.7. The molecule has 0 saturated heterocycles. The van der Waals surface area contributed by atoms with Crippen molar-refractivity contribution in [1.29, 1.82) is 0 Å². The first-order chi connectivity index (χ1) is 18.2. The molecule has 2 aromatic rings. The Morgan fingerprint density at radius 1 is 0.622 bits per heavy atom. The van der Waals surface area contributed by atoms with Crippen LogP contribution in [0.4, 0.5) is 0 Å². The van der Waals surface area contributed by atoms with E-state index in [-0.39, 0.29) is 0 Å². The van der Waals surface area contributed by atoms with Gasteiger partial charge in [0, 0.05) is 22.6 Å². The fourth-order valence-electron chi connectivity index (χ4n) is 4.95. The zero-order valence-electron chi connectivity index (χ0n) is 21.9. The fourth-order valence-corrected chi connectivity index (χ4v) is 5.55. The van der Waals surface area contributed by atoms with Crippen molar-refractivity contribution in [1.82, 2.24) is 0 Å². The number of amidine groups is 2. The third-order valence-electron chi connectivity index (χ3n) is 7.09. The Bertz CT molecular complexity index is 914. The monoisotopic (exact) mass is 522 g/mol. The Kier molecular flexibility index (Phi) is 11.0. The number of nitrogens with two attached hydrogens (primary N) is 2. The van der Waals surface area contributed by atoms with Crippen LogP contribution < -0.4 is 20.9 Å². The van der Waals surface area contributed by atoms with Gasteiger partial charge in [0.2, 0.25) is 0 Å². The SMILES string of the molecule is NC(=NC1CCCCC1)c1ccc(OCCSCCOc2ccc(C(N)=NC3CCCCC3)cc2)cc1. The summed E-state index contributed by atoms with van der Waals surface area (Å²) in [6.45, 7) is 1.31. The van der Waals surface area contributed by atoms with Gasteiger partial charge in [0.05, 0.1) is 25.3 Å². The van der Waals surface area contributed by atoms with Gasteiger partial charge in [-0.05, 0) is 74.2 Å². The molecule has 0 bridgehead atoms. The van der Waals surface area contributed by atoms with Gasteiger partial charge in [0.25, 0.3) is 0 Å². The molecular formula is C30H42N4O2S. The summed E-state index contributed by atoms with van der Waals surface area (Å²) in [5.74, 6) is 4.81. The van der Waals surface area contributed by atoms with E-state index in [4.69, 9.17) is 30.9 Å². The molecule has 2 aliphatic carbocycles. The van der Waals surface area contributed by atoms with Crippen LogP contribution in [0.15, 0.2) is 58.5 Å². The Hall–Kier alpha value is -2.67. The second kappa shape index (κ2) is 14.9. The molecule has 4 N–H and O–H groups in total. The molecule has 2 fully saturated rings. The average molecular weight is 523 g/mol. The summed E-state index contributed by atoms with van der Waals surface area (Å²) in [5, 5.41) is 0. The minimum Gasteiger partial charge on any atom is -0.493 e. The first-order valence-corrected chi connectivity index (χ1v) is 15.0. The van der Waals surface area contributed by atoms with Crippen LogP contribution in [-0.2, 0) is 0 Å². The van der Waals surface area contributed by atoms with Crippen LogP contribution in [0.2, 0.25) is 0 Å². The molecule has 37 heavy (non-hydrogen) atoms. The number of thioether (sulfide) groups is 1. The molecule has 0 atom stereocenters. The number of hydrogen-bond donors (Lipinski definition) is 2. The molecule has 200 valence electrons. The molecule has 4 rings (SSSR count). The zero-order valence-corrected chi connectivity index (χ0v) is 22.8. The van der Waals surface area contributed by atoms with Crippen molar-refractivity contribution in [2.75, 3.05) is 24.7 Å². The molecule has 2 aromatic carbocycles. The minimum absolute atomic E-state index is 0.384. The van der Waals surface area contributed by atoms with E-state index in [2.05, 4.69) is 0 Å². The topological polar surface area (TPSA) is 95.2 Å². The van der Waals surface area contributed by atoms with E-state index in [1.807, 2.05) is 60.3 Å². The Labute approximate surface area is 226 Å². The first-order valence-electron chi connectivity index (χ1n) is 13.9. The summed E-state index contributed by atoms with van der Waals surface area (Å²) in [5.41, 5.74) is 14.4. The lowest BCUT2D eigenvalue weighted by Gasteiger charge is -2.18. The number of benzene rings is 2. The van der Waals surface area contributed by atoms with E-state index in [0.717, 1.165) is 59.8 Å². The molecule has 0 amide bonds. The Morgan fingerprint density at radius 2 is 1.00 bits per heavy atom. The minimum atomic E-state index is 0.384. The molecule has 0 spiro atoms. The average Bonchev–Trinajstić information content (AvgIpc) is 2.94. The standard InChI is InChI=1S/C30H42N4O2S/c31-29(33-25-7-3-1-4-8-25)23-11-15-27(16-12-23)35-19-21-37-22-20-36-28-17-13-24(14-18-28)30(32)34-26-9-5-2-6-10-26/h11-18,25-26H,1-10,19-22H2,(H2,31,33)(H2,32,34). The summed E-state index contributed by atoms with van der Waals surface area (Å²) < 4.78 is 11.8. The van der Waals surface area contributed by atoms with Crippen LogP contribution in [-0.4, -0.2) is 48.5 Å². The van der Waals surface area contributed by atoms with Crippen molar-refractivity contribution in [3.8, 4) is 11.5 Å². The second-order valence-electron chi connectivity index (χ2n) is 9.97. The summed E-state index contributed by atoms with van der Waals surface area (Å²) in [4.78, 5) is 9.45. The number of ether oxygens (including phenoxy) is 2. The van der Waals surface area contributed by atoms with Crippen molar-refractivity contribution >= 4 is 23.4 Å². The van der Waals surface area contributed by atoms with E-state index in [0.29, 0.717) is 37.0 Å². The number of aliphatic imine (C=N–C) groups is 2. The summed E-state index contributed by atoms with van der Waals surface area (Å²) in [7, 11) is 0. The fraction of sp³-hybridized carbons (Fsp3) is 0.533. The lowest BCUT2D eigenvalue weighted by molar-refractivity contribution is 0.339. The van der Waals surface area contributed by atoms with E-state index in [1.54, 1.807) is 0 Å². The maximum Gasteiger partial charge on any atom is 0.125 e. The number of nitrogens with zero attached hydrogens (tertiary/aromatic N) is 2. The smallest absolute Gasteiger partial charge is 0.125 e. The molecule has 2 aliphatic rings. The molecule has 6 nitrogen and oxygen atoms in total. The zero-order chi connectivity index (χ0) is 25.7. The highest BCUT2D eigenvalue weighted by Crippen LogP contribution is 2.22. The van der Waals surface area contributed by atoms with E-state index < -0.39 is 0 Å². The predicted molar refractivity (Wildman–Crippen MR) is 156 cm³/mol. The Morgan fingerprint density at radius 3 is 1.38 bits per heavy atom. The summed E-state index contributed by atoms with van der Waals surface area (Å²) in [6.07, 6.45) is 12.3. The van der Waals surface area contributed by atoms with Gasteiger partial charge in [-0.3, -0.25) is 9.98 Å². The third kappa shape index (κ3) is 9.29. The van der Waals surface area contributed by atoms with Crippen molar-refractivity contribution in [3.05, 3.63) is 59.7 Å². The largest absolute Gasteiger partial charge is 0.493 e. The maximum absolute atomic E-state index is 6.22. The van der Waals surface area contributed by atoms with Crippen LogP contribution in [0.3, 0.4) is 0 Å². The van der Waals surface area contributed by atoms with Crippen molar-refractivity contribution in [3.63, 3.8) is 0 Å². The van der Waals surface area contributed by atoms with E-state index in [9.17, 15) is 0 Å². The highest BCUT2D eigenvalue weighted by atomic mass is 32.2. The van der Waals surface area contributed by atoms with Gasteiger partial charge < -0.3 is 20.9 Å². The van der Waals surface area contributed by atoms with Crippen molar-refractivity contribution in [2.45, 2.75) is 76.3 Å². The Balaban J connectivity index is 1.09. The predicted octanol–water partition coefficient (Wildman–Crippen LogP) is 5.95. The van der Waals surface area contributed by atoms with E-state index >= 15 is 0 Å². The van der Waals surface area contributed by atoms with Crippen LogP contribution in [0, 0.1) is 0 Å². The highest BCUT2D eigenvalue weighted by molar-refractivity contribution is 7.99. The summed E-state index contributed by atoms with van der Waals surface area (Å²) >= 11 is 1.82. The second-order valence-corrected chi connectivity index (χ2v) is 11.2. The number of hydrogen-bond acceptors (Lipinski definition) is 5. The molecule has 0 aliphatic heterocycles. The van der Waals surface area contributed by atoms with Gasteiger partial charge in [-0.1, -0.05) is 38.5 Å². The maximum atomic E-state index is 6.22. The molecule has 0 heterocycles. The molecule has 2 saturated carbocycles. The van der Waals surface area contributed by atoms with Gasteiger partial charge in [-0.2, -0.15) is 11.8 Å². The molecule has 0 aromatic heterocycles. The van der Waals surface area contributed by atoms with Crippen molar-refractivity contribution < 1.29 is 9.47 Å². The van der Waals surface area contributed by atoms with Gasteiger partial charge in [-0.25, -0.2) is 0 Å². The van der Waals surface area contributed by atoms with Gasteiger partial charge in [0.1, 0.15) is 23.2 Å². The van der Waals surface area contributed by atoms with Crippen LogP contribution >= 0.6 is 11.8 Å².